The van der Waals surface area contributed by atoms with Crippen LogP contribution in [0.2, 0.25) is 0 Å². The van der Waals surface area contributed by atoms with Crippen molar-refractivity contribution in [3.63, 3.8) is 0 Å². The molecule has 2 fully saturated rings. The summed E-state index contributed by atoms with van der Waals surface area (Å²) in [7, 11) is 0. The molecular formula is C40H45N4NaO14. The van der Waals surface area contributed by atoms with Gasteiger partial charge in [0.1, 0.15) is 18.9 Å². The van der Waals surface area contributed by atoms with Gasteiger partial charge in [-0.25, -0.2) is 14.4 Å². The Bertz CT molecular complexity index is 2060. The first-order chi connectivity index (χ1) is 27.2. The number of ether oxygens (including phenoxy) is 4. The number of aliphatic carboxylic acids is 1. The molecule has 0 radical (unpaired) electrons. The minimum Gasteiger partial charge on any atom is -0.543 e. The molecule has 18 nitrogen and oxygen atoms in total. The molecule has 0 spiro atoms. The Balaban J connectivity index is 0.000000265. The summed E-state index contributed by atoms with van der Waals surface area (Å²) in [4.78, 5) is 85.2. The van der Waals surface area contributed by atoms with Crippen LogP contribution in [0.15, 0.2) is 59.9 Å². The zero-order chi connectivity index (χ0) is 42.8. The van der Waals surface area contributed by atoms with E-state index in [1.54, 1.807) is 69.3 Å². The van der Waals surface area contributed by atoms with Gasteiger partial charge in [-0.2, -0.15) is 0 Å². The Morgan fingerprint density at radius 1 is 0.712 bits per heavy atom. The van der Waals surface area contributed by atoms with Gasteiger partial charge in [0, 0.05) is 0 Å². The van der Waals surface area contributed by atoms with E-state index >= 15 is 0 Å². The minimum absolute atomic E-state index is 0. The van der Waals surface area contributed by atoms with Gasteiger partial charge in [-0.1, -0.05) is 48.5 Å². The average Bonchev–Trinajstić information content (AvgIpc) is 3.67. The number of hydrogen-bond acceptors (Lipinski definition) is 14. The molecule has 19 heteroatoms. The molecule has 6 N–H and O–H groups in total. The van der Waals surface area contributed by atoms with Crippen molar-refractivity contribution in [3.8, 4) is 0 Å². The number of amides is 4. The number of carboxylic acids is 1. The summed E-state index contributed by atoms with van der Waals surface area (Å²) >= 11 is 0. The van der Waals surface area contributed by atoms with Gasteiger partial charge < -0.3 is 60.3 Å². The number of nitrogens with two attached hydrogens (primary N) is 2. The van der Waals surface area contributed by atoms with E-state index in [2.05, 4.69) is 0 Å². The molecule has 6 atom stereocenters. The predicted molar refractivity (Wildman–Crippen MR) is 198 cm³/mol. The molecule has 4 heterocycles. The van der Waals surface area contributed by atoms with Gasteiger partial charge in [-0.05, 0) is 80.9 Å². The molecule has 2 aromatic rings. The van der Waals surface area contributed by atoms with Gasteiger partial charge in [0.15, 0.2) is 0 Å². The maximum Gasteiger partial charge on any atom is 1.00 e. The van der Waals surface area contributed by atoms with E-state index in [0.29, 0.717) is 46.2 Å². The van der Waals surface area contributed by atoms with Crippen LogP contribution in [0.3, 0.4) is 0 Å². The molecule has 4 aliphatic heterocycles. The van der Waals surface area contributed by atoms with E-state index in [1.165, 1.54) is 23.6 Å². The van der Waals surface area contributed by atoms with Crippen LogP contribution in [0.5, 0.6) is 0 Å². The number of carboxylic acid groups (broad SMARTS) is 1. The second-order valence-electron chi connectivity index (χ2n) is 15.3. The molecular weight excluding hydrogens is 783 g/mol. The first kappa shape index (κ1) is 46.4. The Morgan fingerprint density at radius 2 is 1.10 bits per heavy atom. The molecule has 6 rings (SSSR count). The Kier molecular flexibility index (Phi) is 14.8. The van der Waals surface area contributed by atoms with Crippen molar-refractivity contribution in [2.24, 2.45) is 28.7 Å². The molecule has 59 heavy (non-hydrogen) atoms. The van der Waals surface area contributed by atoms with Crippen LogP contribution in [0, 0.1) is 17.3 Å². The number of aliphatic hydroxyl groups excluding tert-OH is 2. The van der Waals surface area contributed by atoms with Crippen LogP contribution in [0.4, 0.5) is 9.59 Å². The third kappa shape index (κ3) is 9.96. The maximum atomic E-state index is 12.9. The smallest absolute Gasteiger partial charge is 0.543 e. The largest absolute Gasteiger partial charge is 1.00 e. The number of fused-ring (bicyclic) bond motifs is 2. The SMILES string of the molecule is C[C@@H](O)[C@H]1C(=O)N2C(C(=O)OCOC(=O)C(C)(C)C)=C(c3ccc(COC(N)=O)cc3)C[C@H]12.C[C@@H](O)[C@H]1C(=O)N2C(C(=O)[O-])=C(c3ccc(COC(N)=O)cc3)C[C@H]12.[Na+]. The topological polar surface area (TPSA) is 278 Å². The van der Waals surface area contributed by atoms with Gasteiger partial charge in [0.05, 0.1) is 53.2 Å². The van der Waals surface area contributed by atoms with E-state index in [9.17, 15) is 48.9 Å². The third-order valence-corrected chi connectivity index (χ3v) is 10.2. The van der Waals surface area contributed by atoms with Crippen molar-refractivity contribution in [1.29, 1.82) is 0 Å². The fourth-order valence-corrected chi connectivity index (χ4v) is 7.37. The van der Waals surface area contributed by atoms with E-state index in [1.807, 2.05) is 0 Å². The maximum absolute atomic E-state index is 12.9. The summed E-state index contributed by atoms with van der Waals surface area (Å²) in [6.07, 6.45) is -2.79. The first-order valence-electron chi connectivity index (χ1n) is 18.3. The number of nitrogens with zero attached hydrogens (tertiary/aromatic N) is 2. The second-order valence-corrected chi connectivity index (χ2v) is 15.3. The Hall–Kier alpha value is -5.27. The van der Waals surface area contributed by atoms with Gasteiger partial charge in [-0.3, -0.25) is 14.4 Å². The Labute approximate surface area is 361 Å². The summed E-state index contributed by atoms with van der Waals surface area (Å²) in [5.41, 5.74) is 12.8. The standard InChI is InChI=1S/C23H28N2O8.C17H18N2O6.Na/c1-12(26)17-16-9-15(14-7-5-13(6-8-14)10-31-22(24)30)18(25(16)19(17)27)20(28)32-11-33-21(29)23(2,3)4;1-8(20)13-12-6-11(14(16(22)23)19(12)15(13)21)10-4-2-9(3-5-10)7-25-17(18)24;/h5-8,12,16-17,26H,9-11H2,1-4H3,(H2,24,30);2-5,8,12-13,20H,6-7H2,1H3,(H2,18,24)(H,22,23);/q;;+1/p-1/t12-,16-,17-;8-,12-,13-;/m11./s1. The molecule has 2 aromatic carbocycles. The molecule has 0 aliphatic carbocycles. The summed E-state index contributed by atoms with van der Waals surface area (Å²) < 4.78 is 19.6. The molecule has 0 aromatic heterocycles. The van der Waals surface area contributed by atoms with Crippen LogP contribution in [0.25, 0.3) is 11.1 Å². The van der Waals surface area contributed by atoms with Crippen molar-refractivity contribution in [2.45, 2.75) is 85.0 Å². The van der Waals surface area contributed by atoms with Crippen LogP contribution in [0.1, 0.15) is 69.7 Å². The van der Waals surface area contributed by atoms with E-state index < -0.39 is 72.3 Å². The molecule has 0 bridgehead atoms. The molecule has 2 saturated heterocycles. The van der Waals surface area contributed by atoms with Crippen molar-refractivity contribution < 1.29 is 97.4 Å². The van der Waals surface area contributed by atoms with Crippen molar-refractivity contribution in [2.75, 3.05) is 6.79 Å². The van der Waals surface area contributed by atoms with Gasteiger partial charge in [-0.15, -0.1) is 0 Å². The van der Waals surface area contributed by atoms with Crippen molar-refractivity contribution in [1.82, 2.24) is 9.80 Å². The zero-order valence-electron chi connectivity index (χ0n) is 33.5. The number of carbonyl (C=O) groups excluding carboxylic acids is 7. The number of aliphatic hydroxyl groups is 2. The summed E-state index contributed by atoms with van der Waals surface area (Å²) in [5.74, 6) is -4.74. The summed E-state index contributed by atoms with van der Waals surface area (Å²) in [5, 5.41) is 31.3. The van der Waals surface area contributed by atoms with Gasteiger partial charge >= 0.3 is 53.7 Å². The summed E-state index contributed by atoms with van der Waals surface area (Å²) in [6, 6.07) is 12.9. The molecule has 310 valence electrons. The quantitative estimate of drug-likeness (QED) is 0.0596. The monoisotopic (exact) mass is 828 g/mol. The van der Waals surface area contributed by atoms with Crippen LogP contribution >= 0.6 is 0 Å². The van der Waals surface area contributed by atoms with E-state index in [-0.39, 0.29) is 72.2 Å². The van der Waals surface area contributed by atoms with E-state index in [4.69, 9.17) is 30.4 Å². The van der Waals surface area contributed by atoms with Crippen LogP contribution in [-0.4, -0.2) is 93.0 Å². The van der Waals surface area contributed by atoms with Crippen molar-refractivity contribution in [3.05, 3.63) is 82.2 Å². The number of hydrogen-bond donors (Lipinski definition) is 4. The van der Waals surface area contributed by atoms with E-state index in [0.717, 1.165) is 0 Å². The number of benzene rings is 2. The first-order valence-corrected chi connectivity index (χ1v) is 18.3. The van der Waals surface area contributed by atoms with Gasteiger partial charge in [0.25, 0.3) is 0 Å². The fourth-order valence-electron chi connectivity index (χ4n) is 7.37. The molecule has 4 aliphatic rings. The van der Waals surface area contributed by atoms with Gasteiger partial charge in [0.2, 0.25) is 18.6 Å². The average molecular weight is 829 g/mol. The predicted octanol–water partition coefficient (Wildman–Crippen LogP) is -1.95. The second kappa shape index (κ2) is 18.8. The summed E-state index contributed by atoms with van der Waals surface area (Å²) in [6.45, 7) is 7.51. The number of rotatable bonds is 12. The Morgan fingerprint density at radius 3 is 1.46 bits per heavy atom. The fraction of sp³-hybridized carbons (Fsp3) is 0.425. The zero-order valence-corrected chi connectivity index (χ0v) is 35.5. The van der Waals surface area contributed by atoms with Crippen molar-refractivity contribution >= 4 is 53.1 Å². The number of β-lactam (4-membered cyclic amide) rings is 2. The molecule has 0 unspecified atom stereocenters. The molecule has 0 saturated carbocycles. The molecule has 4 amide bonds. The van der Waals surface area contributed by atoms with Crippen LogP contribution < -0.4 is 46.1 Å². The third-order valence-electron chi connectivity index (χ3n) is 10.2. The van der Waals surface area contributed by atoms with Crippen LogP contribution in [-0.2, 0) is 56.1 Å². The number of esters is 2. The number of carbonyl (C=O) groups is 7. The number of primary amides is 2. The minimum atomic E-state index is -1.42. The normalized spacial score (nSPS) is 21.3.